The first-order chi connectivity index (χ1) is 17.0. The van der Waals surface area contributed by atoms with E-state index >= 15 is 0 Å². The number of amides is 2. The number of nitrogens with one attached hydrogen (secondary N) is 1. The summed E-state index contributed by atoms with van der Waals surface area (Å²) in [6, 6.07) is 5.36. The number of anilines is 1. The second-order valence-corrected chi connectivity index (χ2v) is 13.3. The first kappa shape index (κ1) is 25.2. The number of aryl methyl sites for hydroxylation is 1. The summed E-state index contributed by atoms with van der Waals surface area (Å²) in [7, 11) is -2.01. The van der Waals surface area contributed by atoms with Crippen molar-refractivity contribution in [2.75, 3.05) is 25.0 Å². The molecule has 36 heavy (non-hydrogen) atoms. The number of hydrogen-bond donors (Lipinski definition) is 2. The van der Waals surface area contributed by atoms with Crippen LogP contribution in [0.2, 0.25) is 0 Å². The number of aliphatic imine (C=N–C) groups is 1. The maximum atomic E-state index is 13.4. The third-order valence-corrected chi connectivity index (χ3v) is 11.1. The van der Waals surface area contributed by atoms with E-state index < -0.39 is 26.9 Å². The standard InChI is InChI=1S/C26H36N4O5S/c1-16-4-6-18(7-5-16)23-27-24(31)26(28-23)10-12-30(13-11-26)36(34,35)22-15-21(22)20-9-8-19(14-17(20)2)29(3)25(32)33/h8-9,14,16,18,21-22H,4-7,10-13,15H2,1-3H3,(H,32,33)(H,27,28,31). The Balaban J connectivity index is 1.23. The summed E-state index contributed by atoms with van der Waals surface area (Å²) in [5.74, 6) is 1.68. The largest absolute Gasteiger partial charge is 0.465 e. The lowest BCUT2D eigenvalue weighted by atomic mass is 9.82. The van der Waals surface area contributed by atoms with E-state index in [2.05, 4.69) is 12.2 Å². The quantitative estimate of drug-likeness (QED) is 0.621. The first-order valence-corrected chi connectivity index (χ1v) is 14.5. The molecule has 4 aliphatic rings. The number of benzene rings is 1. The maximum Gasteiger partial charge on any atom is 0.411 e. The molecule has 2 unspecified atom stereocenters. The zero-order valence-electron chi connectivity index (χ0n) is 21.2. The molecule has 1 saturated heterocycles. The summed E-state index contributed by atoms with van der Waals surface area (Å²) < 4.78 is 28.4. The van der Waals surface area contributed by atoms with Crippen molar-refractivity contribution < 1.29 is 23.1 Å². The van der Waals surface area contributed by atoms with Crippen LogP contribution in [0.3, 0.4) is 0 Å². The molecule has 2 heterocycles. The van der Waals surface area contributed by atoms with Crippen LogP contribution in [0.4, 0.5) is 10.5 Å². The average molecular weight is 517 g/mol. The van der Waals surface area contributed by atoms with E-state index in [9.17, 15) is 23.1 Å². The van der Waals surface area contributed by atoms with Crippen LogP contribution >= 0.6 is 0 Å². The molecule has 9 nitrogen and oxygen atoms in total. The molecule has 1 spiro atoms. The van der Waals surface area contributed by atoms with Crippen molar-refractivity contribution in [3.8, 4) is 0 Å². The Hall–Kier alpha value is -2.46. The van der Waals surface area contributed by atoms with E-state index in [1.807, 2.05) is 13.0 Å². The van der Waals surface area contributed by atoms with Crippen molar-refractivity contribution in [1.82, 2.24) is 9.62 Å². The van der Waals surface area contributed by atoms with Gasteiger partial charge in [0.1, 0.15) is 11.4 Å². The Morgan fingerprint density at radius 1 is 1.19 bits per heavy atom. The van der Waals surface area contributed by atoms with Gasteiger partial charge in [-0.2, -0.15) is 0 Å². The number of amidine groups is 1. The van der Waals surface area contributed by atoms with E-state index in [-0.39, 0.29) is 11.8 Å². The van der Waals surface area contributed by atoms with Crippen LogP contribution < -0.4 is 10.2 Å². The van der Waals surface area contributed by atoms with Crippen LogP contribution in [0.5, 0.6) is 0 Å². The van der Waals surface area contributed by atoms with Gasteiger partial charge in [0, 0.05) is 37.7 Å². The van der Waals surface area contributed by atoms with Gasteiger partial charge in [0.15, 0.2) is 0 Å². The van der Waals surface area contributed by atoms with Crippen LogP contribution in [0.15, 0.2) is 23.2 Å². The highest BCUT2D eigenvalue weighted by atomic mass is 32.2. The average Bonchev–Trinajstić information content (AvgIpc) is 3.59. The van der Waals surface area contributed by atoms with Gasteiger partial charge in [0.2, 0.25) is 10.0 Å². The van der Waals surface area contributed by atoms with Gasteiger partial charge < -0.3 is 10.4 Å². The Bertz CT molecular complexity index is 1200. The highest BCUT2D eigenvalue weighted by Crippen LogP contribution is 2.49. The molecule has 0 aromatic heterocycles. The molecular weight excluding hydrogens is 480 g/mol. The molecule has 2 aliphatic heterocycles. The first-order valence-electron chi connectivity index (χ1n) is 13.0. The summed E-state index contributed by atoms with van der Waals surface area (Å²) >= 11 is 0. The summed E-state index contributed by atoms with van der Waals surface area (Å²) in [6.07, 6.45) is 4.74. The highest BCUT2D eigenvalue weighted by Gasteiger charge is 2.54. The lowest BCUT2D eigenvalue weighted by Gasteiger charge is -2.35. The normalized spacial score (nSPS) is 30.1. The molecule has 2 amide bonds. The molecule has 0 bridgehead atoms. The number of carbonyl (C=O) groups is 2. The molecule has 5 rings (SSSR count). The number of carbonyl (C=O) groups excluding carboxylic acids is 1. The van der Waals surface area contributed by atoms with Crippen molar-refractivity contribution in [2.24, 2.45) is 16.8 Å². The molecular formula is C26H36N4O5S. The third kappa shape index (κ3) is 4.42. The zero-order chi connectivity index (χ0) is 25.8. The van der Waals surface area contributed by atoms with Gasteiger partial charge in [-0.1, -0.05) is 25.8 Å². The number of carboxylic acid groups (broad SMARTS) is 1. The number of rotatable bonds is 5. The van der Waals surface area contributed by atoms with Gasteiger partial charge in [-0.05, 0) is 68.2 Å². The molecule has 2 aliphatic carbocycles. The fraction of sp³-hybridized carbons (Fsp3) is 0.654. The van der Waals surface area contributed by atoms with Crippen LogP contribution in [-0.4, -0.2) is 66.6 Å². The summed E-state index contributed by atoms with van der Waals surface area (Å²) in [5, 5.41) is 11.8. The molecule has 2 atom stereocenters. The van der Waals surface area contributed by atoms with Crippen molar-refractivity contribution >= 4 is 33.5 Å². The van der Waals surface area contributed by atoms with E-state index in [1.165, 1.54) is 7.05 Å². The van der Waals surface area contributed by atoms with Crippen LogP contribution in [0.1, 0.15) is 68.9 Å². The SMILES string of the molecule is Cc1cc(N(C)C(=O)O)ccc1C1CC1S(=O)(=O)N1CCC2(CC1)N=C(C1CCC(C)CC1)NC2=O. The Kier molecular flexibility index (Phi) is 6.39. The Morgan fingerprint density at radius 3 is 2.47 bits per heavy atom. The molecule has 2 saturated carbocycles. The topological polar surface area (TPSA) is 119 Å². The van der Waals surface area contributed by atoms with E-state index in [0.29, 0.717) is 44.0 Å². The highest BCUT2D eigenvalue weighted by molar-refractivity contribution is 7.90. The number of sulfonamides is 1. The monoisotopic (exact) mass is 516 g/mol. The Labute approximate surface area is 213 Å². The van der Waals surface area contributed by atoms with Gasteiger partial charge in [0.25, 0.3) is 5.91 Å². The van der Waals surface area contributed by atoms with Crippen molar-refractivity contribution in [3.63, 3.8) is 0 Å². The van der Waals surface area contributed by atoms with Gasteiger partial charge in [-0.3, -0.25) is 14.7 Å². The third-order valence-electron chi connectivity index (χ3n) is 8.75. The minimum Gasteiger partial charge on any atom is -0.465 e. The minimum atomic E-state index is -3.50. The van der Waals surface area contributed by atoms with E-state index in [1.54, 1.807) is 16.4 Å². The lowest BCUT2D eigenvalue weighted by molar-refractivity contribution is -0.125. The molecule has 1 aromatic rings. The number of piperidine rings is 1. The second kappa shape index (κ2) is 9.13. The lowest BCUT2D eigenvalue weighted by Crippen LogP contribution is -2.51. The fourth-order valence-electron chi connectivity index (χ4n) is 6.13. The smallest absolute Gasteiger partial charge is 0.411 e. The molecule has 1 aromatic carbocycles. The van der Waals surface area contributed by atoms with Gasteiger partial charge in [0.05, 0.1) is 5.25 Å². The molecule has 2 N–H and O–H groups in total. The summed E-state index contributed by atoms with van der Waals surface area (Å²) in [4.78, 5) is 30.2. The predicted octanol–water partition coefficient (Wildman–Crippen LogP) is 3.48. The van der Waals surface area contributed by atoms with E-state index in [0.717, 1.165) is 53.5 Å². The summed E-state index contributed by atoms with van der Waals surface area (Å²) in [5.41, 5.74) is 1.58. The number of hydrogen-bond acceptors (Lipinski definition) is 5. The zero-order valence-corrected chi connectivity index (χ0v) is 22.1. The minimum absolute atomic E-state index is 0.0699. The second-order valence-electron chi connectivity index (χ2n) is 11.1. The van der Waals surface area contributed by atoms with E-state index in [4.69, 9.17) is 4.99 Å². The number of nitrogens with zero attached hydrogens (tertiary/aromatic N) is 3. The van der Waals surface area contributed by atoms with Gasteiger partial charge in [-0.25, -0.2) is 17.5 Å². The van der Waals surface area contributed by atoms with Crippen LogP contribution in [-0.2, 0) is 14.8 Å². The van der Waals surface area contributed by atoms with Gasteiger partial charge >= 0.3 is 6.09 Å². The maximum absolute atomic E-state index is 13.4. The van der Waals surface area contributed by atoms with Gasteiger partial charge in [-0.15, -0.1) is 0 Å². The van der Waals surface area contributed by atoms with Crippen molar-refractivity contribution in [2.45, 2.75) is 75.5 Å². The van der Waals surface area contributed by atoms with Crippen LogP contribution in [0.25, 0.3) is 0 Å². The summed E-state index contributed by atoms with van der Waals surface area (Å²) in [6.45, 7) is 4.77. The van der Waals surface area contributed by atoms with Crippen molar-refractivity contribution in [3.05, 3.63) is 29.3 Å². The van der Waals surface area contributed by atoms with Crippen molar-refractivity contribution in [1.29, 1.82) is 0 Å². The van der Waals surface area contributed by atoms with Crippen LogP contribution in [0, 0.1) is 18.8 Å². The molecule has 3 fully saturated rings. The molecule has 0 radical (unpaired) electrons. The molecule has 196 valence electrons. The fourth-order valence-corrected chi connectivity index (χ4v) is 8.22. The molecule has 10 heteroatoms. The predicted molar refractivity (Wildman–Crippen MR) is 138 cm³/mol. The Morgan fingerprint density at radius 2 is 1.86 bits per heavy atom.